The summed E-state index contributed by atoms with van der Waals surface area (Å²) in [5, 5.41) is 3.16. The van der Waals surface area contributed by atoms with Gasteiger partial charge < -0.3 is 14.8 Å². The van der Waals surface area contributed by atoms with Crippen LogP contribution in [-0.2, 0) is 11.3 Å². The molecule has 3 nitrogen and oxygen atoms in total. The molecule has 1 aromatic carbocycles. The maximum Gasteiger partial charge on any atom is 0.127 e. The minimum absolute atomic E-state index is 0.283. The third-order valence-corrected chi connectivity index (χ3v) is 2.33. The van der Waals surface area contributed by atoms with Crippen LogP contribution in [-0.4, -0.2) is 26.9 Å². The van der Waals surface area contributed by atoms with Crippen molar-refractivity contribution in [3.63, 3.8) is 0 Å². The molecule has 0 saturated carbocycles. The van der Waals surface area contributed by atoms with Crippen LogP contribution < -0.4 is 10.1 Å². The Kier molecular flexibility index (Phi) is 7.06. The Balaban J connectivity index is 2.48. The fraction of sp³-hybridized carbons (Fsp3) is 0.429. The fourth-order valence-electron chi connectivity index (χ4n) is 1.47. The van der Waals surface area contributed by atoms with E-state index in [-0.39, 0.29) is 5.82 Å². The molecular formula is C14H20FNO2. The first-order valence-corrected chi connectivity index (χ1v) is 5.99. The van der Waals surface area contributed by atoms with E-state index in [2.05, 4.69) is 11.9 Å². The molecule has 0 atom stereocenters. The van der Waals surface area contributed by atoms with E-state index in [1.807, 2.05) is 6.07 Å². The van der Waals surface area contributed by atoms with E-state index in [0.29, 0.717) is 25.5 Å². The van der Waals surface area contributed by atoms with Crippen LogP contribution in [0.4, 0.5) is 4.39 Å². The van der Waals surface area contributed by atoms with E-state index in [4.69, 9.17) is 9.47 Å². The van der Waals surface area contributed by atoms with Crippen molar-refractivity contribution < 1.29 is 13.9 Å². The Hall–Kier alpha value is -1.39. The van der Waals surface area contributed by atoms with Crippen LogP contribution in [0.1, 0.15) is 12.0 Å². The van der Waals surface area contributed by atoms with Gasteiger partial charge in [-0.25, -0.2) is 4.39 Å². The summed E-state index contributed by atoms with van der Waals surface area (Å²) in [4.78, 5) is 0. The summed E-state index contributed by atoms with van der Waals surface area (Å²) in [6.07, 6.45) is 2.52. The minimum Gasteiger partial charge on any atom is -0.493 e. The van der Waals surface area contributed by atoms with Crippen molar-refractivity contribution in [3.8, 4) is 5.75 Å². The Labute approximate surface area is 108 Å². The van der Waals surface area contributed by atoms with Crippen LogP contribution >= 0.6 is 0 Å². The highest BCUT2D eigenvalue weighted by molar-refractivity contribution is 5.29. The zero-order chi connectivity index (χ0) is 13.2. The summed E-state index contributed by atoms with van der Waals surface area (Å²) in [6, 6.07) is 4.73. The van der Waals surface area contributed by atoms with Gasteiger partial charge in [0.15, 0.2) is 0 Å². The molecule has 0 aliphatic heterocycles. The number of ether oxygens (including phenoxy) is 2. The molecule has 1 rings (SSSR count). The molecule has 0 unspecified atom stereocenters. The predicted molar refractivity (Wildman–Crippen MR) is 70.3 cm³/mol. The van der Waals surface area contributed by atoms with Gasteiger partial charge in [-0.2, -0.15) is 0 Å². The Morgan fingerprint density at radius 3 is 2.89 bits per heavy atom. The van der Waals surface area contributed by atoms with Crippen LogP contribution in [0.3, 0.4) is 0 Å². The molecule has 0 amide bonds. The van der Waals surface area contributed by atoms with Gasteiger partial charge in [0.1, 0.15) is 11.6 Å². The van der Waals surface area contributed by atoms with E-state index in [1.165, 1.54) is 12.1 Å². The van der Waals surface area contributed by atoms with Gasteiger partial charge in [0.2, 0.25) is 0 Å². The molecule has 18 heavy (non-hydrogen) atoms. The van der Waals surface area contributed by atoms with E-state index < -0.39 is 0 Å². The summed E-state index contributed by atoms with van der Waals surface area (Å²) >= 11 is 0. The topological polar surface area (TPSA) is 30.5 Å². The maximum absolute atomic E-state index is 13.4. The molecule has 0 aliphatic carbocycles. The van der Waals surface area contributed by atoms with Crippen molar-refractivity contribution in [2.45, 2.75) is 13.0 Å². The summed E-state index contributed by atoms with van der Waals surface area (Å²) in [5.74, 6) is 0.273. The number of methoxy groups -OCH3 is 1. The van der Waals surface area contributed by atoms with Crippen LogP contribution in [0, 0.1) is 5.82 Å². The molecule has 1 aromatic rings. The van der Waals surface area contributed by atoms with Gasteiger partial charge >= 0.3 is 0 Å². The number of hydrogen-bond donors (Lipinski definition) is 1. The predicted octanol–water partition coefficient (Wildman–Crippen LogP) is 2.52. The second kappa shape index (κ2) is 8.66. The van der Waals surface area contributed by atoms with Crippen molar-refractivity contribution in [1.82, 2.24) is 5.32 Å². The van der Waals surface area contributed by atoms with Gasteiger partial charge in [0.05, 0.1) is 13.2 Å². The highest BCUT2D eigenvalue weighted by Crippen LogP contribution is 2.16. The van der Waals surface area contributed by atoms with Gasteiger partial charge in [0.25, 0.3) is 0 Å². The monoisotopic (exact) mass is 253 g/mol. The first kappa shape index (κ1) is 14.7. The lowest BCUT2D eigenvalue weighted by molar-refractivity contribution is 0.199. The van der Waals surface area contributed by atoms with Crippen molar-refractivity contribution >= 4 is 0 Å². The lowest BCUT2D eigenvalue weighted by Crippen LogP contribution is -2.18. The summed E-state index contributed by atoms with van der Waals surface area (Å²) in [7, 11) is 1.65. The zero-order valence-corrected chi connectivity index (χ0v) is 10.7. The highest BCUT2D eigenvalue weighted by atomic mass is 19.1. The number of nitrogens with one attached hydrogen (secondary N) is 1. The first-order chi connectivity index (χ1) is 8.76. The van der Waals surface area contributed by atoms with Crippen LogP contribution in [0.25, 0.3) is 0 Å². The Morgan fingerprint density at radius 1 is 1.33 bits per heavy atom. The molecule has 0 heterocycles. The van der Waals surface area contributed by atoms with E-state index in [0.717, 1.165) is 18.5 Å². The van der Waals surface area contributed by atoms with Crippen molar-refractivity contribution in [1.29, 1.82) is 0 Å². The highest BCUT2D eigenvalue weighted by Gasteiger charge is 2.01. The molecule has 1 N–H and O–H groups in total. The Bertz CT molecular complexity index is 369. The minimum atomic E-state index is -0.283. The van der Waals surface area contributed by atoms with Crippen LogP contribution in [0.5, 0.6) is 5.75 Å². The van der Waals surface area contributed by atoms with E-state index >= 15 is 0 Å². The maximum atomic E-state index is 13.4. The molecule has 0 radical (unpaired) electrons. The quantitative estimate of drug-likeness (QED) is 0.542. The SMILES string of the molecule is C=CCCOc1cc(F)cc(CNCCOC)c1. The standard InChI is InChI=1S/C14H20FNO2/c1-3-4-6-18-14-9-12(8-13(15)10-14)11-16-5-7-17-2/h3,8-10,16H,1,4-7,11H2,2H3. The first-order valence-electron chi connectivity index (χ1n) is 5.99. The number of hydrogen-bond acceptors (Lipinski definition) is 3. The number of rotatable bonds is 9. The number of benzene rings is 1. The normalized spacial score (nSPS) is 10.3. The smallest absolute Gasteiger partial charge is 0.127 e. The van der Waals surface area contributed by atoms with E-state index in [1.54, 1.807) is 13.2 Å². The zero-order valence-electron chi connectivity index (χ0n) is 10.7. The molecule has 100 valence electrons. The van der Waals surface area contributed by atoms with Gasteiger partial charge in [-0.3, -0.25) is 0 Å². The number of halogens is 1. The molecule has 0 spiro atoms. The largest absolute Gasteiger partial charge is 0.493 e. The molecular weight excluding hydrogens is 233 g/mol. The second-order valence-corrected chi connectivity index (χ2v) is 3.89. The summed E-state index contributed by atoms with van der Waals surface area (Å²) < 4.78 is 23.7. The lowest BCUT2D eigenvalue weighted by atomic mass is 10.2. The van der Waals surface area contributed by atoms with Gasteiger partial charge in [0, 0.05) is 26.3 Å². The van der Waals surface area contributed by atoms with Crippen molar-refractivity contribution in [2.75, 3.05) is 26.9 Å². The molecule has 4 heteroatoms. The fourth-order valence-corrected chi connectivity index (χ4v) is 1.47. The molecule has 0 fully saturated rings. The Morgan fingerprint density at radius 2 is 2.17 bits per heavy atom. The van der Waals surface area contributed by atoms with Gasteiger partial charge in [-0.15, -0.1) is 6.58 Å². The second-order valence-electron chi connectivity index (χ2n) is 3.89. The van der Waals surface area contributed by atoms with Crippen LogP contribution in [0.2, 0.25) is 0 Å². The van der Waals surface area contributed by atoms with Crippen molar-refractivity contribution in [2.24, 2.45) is 0 Å². The average molecular weight is 253 g/mol. The van der Waals surface area contributed by atoms with Gasteiger partial charge in [-0.05, 0) is 24.1 Å². The van der Waals surface area contributed by atoms with Crippen LogP contribution in [0.15, 0.2) is 30.9 Å². The lowest BCUT2D eigenvalue weighted by Gasteiger charge is -2.09. The molecule has 0 bridgehead atoms. The van der Waals surface area contributed by atoms with Crippen molar-refractivity contribution in [3.05, 3.63) is 42.2 Å². The third kappa shape index (κ3) is 5.80. The van der Waals surface area contributed by atoms with E-state index in [9.17, 15) is 4.39 Å². The summed E-state index contributed by atoms with van der Waals surface area (Å²) in [5.41, 5.74) is 0.861. The molecule has 0 saturated heterocycles. The molecule has 0 aliphatic rings. The summed E-state index contributed by atoms with van der Waals surface area (Å²) in [6.45, 7) is 6.10. The molecule has 0 aromatic heterocycles. The third-order valence-electron chi connectivity index (χ3n) is 2.33. The average Bonchev–Trinajstić information content (AvgIpc) is 2.34. The van der Waals surface area contributed by atoms with Gasteiger partial charge in [-0.1, -0.05) is 6.08 Å².